The zero-order valence-electron chi connectivity index (χ0n) is 12.0. The molecule has 0 spiro atoms. The van der Waals surface area contributed by atoms with Gasteiger partial charge >= 0.3 is 0 Å². The van der Waals surface area contributed by atoms with Crippen LogP contribution in [0.3, 0.4) is 0 Å². The average Bonchev–Trinajstić information content (AvgIpc) is 3.13. The molecule has 19 heavy (non-hydrogen) atoms. The van der Waals surface area contributed by atoms with Gasteiger partial charge < -0.3 is 10.2 Å². The molecule has 1 aliphatic carbocycles. The molecule has 2 heterocycles. The zero-order valence-corrected chi connectivity index (χ0v) is 12.8. The fraction of sp³-hybridized carbons (Fsp3) is 0.750. The van der Waals surface area contributed by atoms with Crippen molar-refractivity contribution in [3.05, 3.63) is 22.4 Å². The van der Waals surface area contributed by atoms with Crippen LogP contribution in [0, 0.1) is 5.92 Å². The van der Waals surface area contributed by atoms with E-state index in [9.17, 15) is 0 Å². The molecule has 1 aliphatic heterocycles. The molecule has 0 amide bonds. The molecule has 2 atom stereocenters. The minimum absolute atomic E-state index is 0.608. The summed E-state index contributed by atoms with van der Waals surface area (Å²) in [7, 11) is 2.27. The summed E-state index contributed by atoms with van der Waals surface area (Å²) in [5, 5.41) is 6.13. The maximum absolute atomic E-state index is 3.91. The van der Waals surface area contributed by atoms with Crippen molar-refractivity contribution >= 4 is 11.3 Å². The quantitative estimate of drug-likeness (QED) is 0.884. The van der Waals surface area contributed by atoms with E-state index in [0.717, 1.165) is 18.5 Å². The van der Waals surface area contributed by atoms with Crippen molar-refractivity contribution in [3.63, 3.8) is 0 Å². The lowest BCUT2D eigenvalue weighted by atomic mass is 9.96. The standard InChI is InChI=1S/C16H26N2S/c1-18-10-4-8-14(18)12-17-16(13-6-2-3-7-13)15-9-5-11-19-15/h5,9,11,13-14,16-17H,2-4,6-8,10,12H2,1H3. The largest absolute Gasteiger partial charge is 0.307 e. The van der Waals surface area contributed by atoms with Gasteiger partial charge in [0, 0.05) is 23.5 Å². The molecule has 1 aromatic rings. The van der Waals surface area contributed by atoms with E-state index in [1.807, 2.05) is 11.3 Å². The second kappa shape index (κ2) is 6.38. The van der Waals surface area contributed by atoms with E-state index in [2.05, 4.69) is 34.8 Å². The Labute approximate surface area is 121 Å². The van der Waals surface area contributed by atoms with Gasteiger partial charge in [0.25, 0.3) is 0 Å². The summed E-state index contributed by atoms with van der Waals surface area (Å²) in [6.07, 6.45) is 8.42. The molecule has 1 saturated carbocycles. The van der Waals surface area contributed by atoms with E-state index in [1.165, 1.54) is 45.1 Å². The van der Waals surface area contributed by atoms with Crippen LogP contribution in [0.5, 0.6) is 0 Å². The van der Waals surface area contributed by atoms with Gasteiger partial charge in [-0.05, 0) is 56.6 Å². The Morgan fingerprint density at radius 1 is 1.32 bits per heavy atom. The summed E-state index contributed by atoms with van der Waals surface area (Å²) in [6, 6.07) is 5.88. The monoisotopic (exact) mass is 278 g/mol. The molecule has 2 fully saturated rings. The van der Waals surface area contributed by atoms with Gasteiger partial charge in [-0.3, -0.25) is 0 Å². The Hall–Kier alpha value is -0.380. The van der Waals surface area contributed by atoms with Crippen LogP contribution in [-0.2, 0) is 0 Å². The molecule has 1 saturated heterocycles. The molecule has 2 nitrogen and oxygen atoms in total. The highest BCUT2D eigenvalue weighted by atomic mass is 32.1. The normalized spacial score (nSPS) is 27.1. The summed E-state index contributed by atoms with van der Waals surface area (Å²) >= 11 is 1.93. The van der Waals surface area contributed by atoms with Crippen LogP contribution in [0.2, 0.25) is 0 Å². The van der Waals surface area contributed by atoms with Crippen LogP contribution in [0.25, 0.3) is 0 Å². The predicted octanol–water partition coefficient (Wildman–Crippen LogP) is 3.66. The van der Waals surface area contributed by atoms with Gasteiger partial charge in [0.1, 0.15) is 0 Å². The van der Waals surface area contributed by atoms with Crippen molar-refractivity contribution in [1.29, 1.82) is 0 Å². The SMILES string of the molecule is CN1CCCC1CNC(c1cccs1)C1CCCC1. The van der Waals surface area contributed by atoms with Crippen molar-refractivity contribution in [3.8, 4) is 0 Å². The van der Waals surface area contributed by atoms with Crippen molar-refractivity contribution in [1.82, 2.24) is 10.2 Å². The second-order valence-electron chi connectivity index (χ2n) is 6.22. The van der Waals surface area contributed by atoms with E-state index in [1.54, 1.807) is 4.88 Å². The number of hydrogen-bond acceptors (Lipinski definition) is 3. The third-order valence-corrected chi connectivity index (χ3v) is 5.92. The molecule has 0 aromatic carbocycles. The van der Waals surface area contributed by atoms with Crippen LogP contribution >= 0.6 is 11.3 Å². The van der Waals surface area contributed by atoms with Crippen molar-refractivity contribution in [2.75, 3.05) is 20.1 Å². The van der Waals surface area contributed by atoms with E-state index < -0.39 is 0 Å². The zero-order chi connectivity index (χ0) is 13.1. The fourth-order valence-electron chi connectivity index (χ4n) is 3.76. The van der Waals surface area contributed by atoms with E-state index in [-0.39, 0.29) is 0 Å². The topological polar surface area (TPSA) is 15.3 Å². The van der Waals surface area contributed by atoms with Crippen molar-refractivity contribution < 1.29 is 0 Å². The number of likely N-dealkylation sites (tertiary alicyclic amines) is 1. The highest BCUT2D eigenvalue weighted by Crippen LogP contribution is 2.37. The maximum Gasteiger partial charge on any atom is 0.0443 e. The van der Waals surface area contributed by atoms with E-state index >= 15 is 0 Å². The first kappa shape index (κ1) is 13.6. The second-order valence-corrected chi connectivity index (χ2v) is 7.20. The first-order valence-corrected chi connectivity index (χ1v) is 8.69. The number of likely N-dealkylation sites (N-methyl/N-ethyl adjacent to an activating group) is 1. The smallest absolute Gasteiger partial charge is 0.0443 e. The lowest BCUT2D eigenvalue weighted by molar-refractivity contribution is 0.273. The van der Waals surface area contributed by atoms with Gasteiger partial charge in [-0.15, -0.1) is 11.3 Å². The summed E-state index contributed by atoms with van der Waals surface area (Å²) in [5.74, 6) is 0.866. The molecule has 2 unspecified atom stereocenters. The highest BCUT2D eigenvalue weighted by molar-refractivity contribution is 7.10. The van der Waals surface area contributed by atoms with Gasteiger partial charge in [0.15, 0.2) is 0 Å². The van der Waals surface area contributed by atoms with E-state index in [4.69, 9.17) is 0 Å². The number of nitrogens with one attached hydrogen (secondary N) is 1. The van der Waals surface area contributed by atoms with Gasteiger partial charge in [-0.1, -0.05) is 18.9 Å². The van der Waals surface area contributed by atoms with Gasteiger partial charge in [0.2, 0.25) is 0 Å². The first-order chi connectivity index (χ1) is 9.34. The summed E-state index contributed by atoms with van der Waals surface area (Å²) in [6.45, 7) is 2.44. The highest BCUT2D eigenvalue weighted by Gasteiger charge is 2.28. The van der Waals surface area contributed by atoms with Crippen LogP contribution in [0.4, 0.5) is 0 Å². The number of rotatable bonds is 5. The van der Waals surface area contributed by atoms with E-state index in [0.29, 0.717) is 6.04 Å². The summed E-state index contributed by atoms with van der Waals surface area (Å²) < 4.78 is 0. The summed E-state index contributed by atoms with van der Waals surface area (Å²) in [4.78, 5) is 4.07. The van der Waals surface area contributed by atoms with Crippen LogP contribution in [0.1, 0.15) is 49.4 Å². The molecule has 0 bridgehead atoms. The third kappa shape index (κ3) is 3.21. The van der Waals surface area contributed by atoms with Gasteiger partial charge in [0.05, 0.1) is 0 Å². The lowest BCUT2D eigenvalue weighted by Gasteiger charge is -2.27. The first-order valence-electron chi connectivity index (χ1n) is 7.81. The van der Waals surface area contributed by atoms with Crippen molar-refractivity contribution in [2.24, 2.45) is 5.92 Å². The maximum atomic E-state index is 3.91. The Morgan fingerprint density at radius 3 is 2.79 bits per heavy atom. The predicted molar refractivity (Wildman–Crippen MR) is 82.7 cm³/mol. The Morgan fingerprint density at radius 2 is 2.16 bits per heavy atom. The Balaban J connectivity index is 1.62. The van der Waals surface area contributed by atoms with Gasteiger partial charge in [-0.25, -0.2) is 0 Å². The number of hydrogen-bond donors (Lipinski definition) is 1. The van der Waals surface area contributed by atoms with Gasteiger partial charge in [-0.2, -0.15) is 0 Å². The van der Waals surface area contributed by atoms with Crippen LogP contribution in [0.15, 0.2) is 17.5 Å². The fourth-order valence-corrected chi connectivity index (χ4v) is 4.65. The minimum atomic E-state index is 0.608. The molecule has 3 heteroatoms. The van der Waals surface area contributed by atoms with Crippen LogP contribution in [-0.4, -0.2) is 31.1 Å². The molecule has 2 aliphatic rings. The molecule has 1 N–H and O–H groups in total. The van der Waals surface area contributed by atoms with Crippen molar-refractivity contribution in [2.45, 2.75) is 50.6 Å². The molecule has 1 aromatic heterocycles. The minimum Gasteiger partial charge on any atom is -0.307 e. The summed E-state index contributed by atoms with van der Waals surface area (Å²) in [5.41, 5.74) is 0. The molecule has 106 valence electrons. The molecule has 3 rings (SSSR count). The lowest BCUT2D eigenvalue weighted by Crippen LogP contribution is -2.38. The number of thiophene rings is 1. The van der Waals surface area contributed by atoms with Crippen LogP contribution < -0.4 is 5.32 Å². The average molecular weight is 278 g/mol. The molecular weight excluding hydrogens is 252 g/mol. The molecule has 0 radical (unpaired) electrons. The third-order valence-electron chi connectivity index (χ3n) is 4.97. The molecular formula is C16H26N2S. The Kier molecular flexibility index (Phi) is 4.57. The Bertz CT molecular complexity index is 370. The number of nitrogens with zero attached hydrogens (tertiary/aromatic N) is 1.